The molecule has 0 amide bonds. The van der Waals surface area contributed by atoms with E-state index in [0.29, 0.717) is 14.5 Å². The van der Waals surface area contributed by atoms with E-state index in [-0.39, 0.29) is 5.60 Å². The van der Waals surface area contributed by atoms with E-state index in [1.54, 1.807) is 0 Å². The molecule has 0 radical (unpaired) electrons. The van der Waals surface area contributed by atoms with Crippen LogP contribution in [0, 0.1) is 0 Å². The van der Waals surface area contributed by atoms with E-state index in [2.05, 4.69) is 30.7 Å². The Morgan fingerprint density at radius 3 is 2.50 bits per heavy atom. The van der Waals surface area contributed by atoms with E-state index in [9.17, 15) is 0 Å². The van der Waals surface area contributed by atoms with Crippen molar-refractivity contribution in [1.82, 2.24) is 0 Å². The molecule has 0 bridgehead atoms. The van der Waals surface area contributed by atoms with Gasteiger partial charge in [0.25, 0.3) is 0 Å². The monoisotopic (exact) mass is 204 g/mol. The minimum atomic E-state index is -0.0450. The van der Waals surface area contributed by atoms with Crippen LogP contribution in [0.25, 0.3) is 0 Å². The summed E-state index contributed by atoms with van der Waals surface area (Å²) < 4.78 is 5.59. The first-order valence-corrected chi connectivity index (χ1v) is 5.27. The van der Waals surface area contributed by atoms with Gasteiger partial charge in [-0.1, -0.05) is 0 Å². The van der Waals surface area contributed by atoms with E-state index >= 15 is 0 Å². The van der Waals surface area contributed by atoms with Crippen LogP contribution in [0.2, 0.25) is 0 Å². The third-order valence-corrected chi connectivity index (χ3v) is 2.31. The Balaban J connectivity index is 2.57. The number of hydrogen-bond donors (Lipinski definition) is 0. The Morgan fingerprint density at radius 1 is 1.40 bits per heavy atom. The summed E-state index contributed by atoms with van der Waals surface area (Å²) in [5.74, 6) is 1.03. The molecule has 10 heavy (non-hydrogen) atoms. The van der Waals surface area contributed by atoms with E-state index in [4.69, 9.17) is 4.74 Å². The van der Waals surface area contributed by atoms with Crippen molar-refractivity contribution in [2.45, 2.75) is 26.4 Å². The Bertz CT molecular complexity index is 184. The van der Waals surface area contributed by atoms with Crippen LogP contribution < -0.4 is 4.74 Å². The molecule has 0 aliphatic rings. The zero-order chi connectivity index (χ0) is 7.61. The van der Waals surface area contributed by atoms with Crippen LogP contribution in [0.4, 0.5) is 0 Å². The molecule has 56 valence electrons. The maximum atomic E-state index is 5.59. The second-order valence-electron chi connectivity index (χ2n) is 3.17. The molecule has 1 aromatic rings. The molecule has 0 saturated heterocycles. The summed E-state index contributed by atoms with van der Waals surface area (Å²) in [5.41, 5.74) is -0.0450. The third-order valence-electron chi connectivity index (χ3n) is 0.919. The van der Waals surface area contributed by atoms with Crippen molar-refractivity contribution in [1.29, 1.82) is 0 Å². The van der Waals surface area contributed by atoms with Gasteiger partial charge in [0, 0.05) is 0 Å². The van der Waals surface area contributed by atoms with Gasteiger partial charge in [-0.3, -0.25) is 0 Å². The second-order valence-corrected chi connectivity index (χ2v) is 4.81. The van der Waals surface area contributed by atoms with Gasteiger partial charge in [-0.15, -0.1) is 0 Å². The molecule has 0 spiro atoms. The number of rotatable bonds is 1. The van der Waals surface area contributed by atoms with Crippen molar-refractivity contribution >= 4 is 14.5 Å². The number of ether oxygens (including phenoxy) is 1. The van der Waals surface area contributed by atoms with Crippen molar-refractivity contribution in [2.75, 3.05) is 0 Å². The van der Waals surface area contributed by atoms with Gasteiger partial charge in [0.2, 0.25) is 0 Å². The molecule has 1 nitrogen and oxygen atoms in total. The van der Waals surface area contributed by atoms with Crippen LogP contribution in [-0.4, -0.2) is 20.1 Å². The van der Waals surface area contributed by atoms with Crippen molar-refractivity contribution in [3.63, 3.8) is 0 Å². The van der Waals surface area contributed by atoms with Gasteiger partial charge >= 0.3 is 67.3 Å². The molecule has 0 unspecified atom stereocenters. The van der Waals surface area contributed by atoms with E-state index in [1.165, 1.54) is 0 Å². The van der Waals surface area contributed by atoms with Gasteiger partial charge in [-0.05, 0) is 0 Å². The minimum absolute atomic E-state index is 0.0450. The quantitative estimate of drug-likeness (QED) is 0.633. The van der Waals surface area contributed by atoms with E-state index < -0.39 is 0 Å². The van der Waals surface area contributed by atoms with Gasteiger partial charge in [-0.25, -0.2) is 0 Å². The molecule has 0 aromatic carbocycles. The summed E-state index contributed by atoms with van der Waals surface area (Å²) in [6.45, 7) is 6.19. The van der Waals surface area contributed by atoms with Crippen molar-refractivity contribution < 1.29 is 4.74 Å². The van der Waals surface area contributed by atoms with Crippen LogP contribution >= 0.6 is 0 Å². The Kier molecular flexibility index (Phi) is 2.22. The van der Waals surface area contributed by atoms with Gasteiger partial charge in [0.05, 0.1) is 0 Å². The predicted molar refractivity (Wildman–Crippen MR) is 43.8 cm³/mol. The molecular weight excluding hydrogens is 191 g/mol. The molecule has 0 aliphatic heterocycles. The van der Waals surface area contributed by atoms with E-state index in [1.807, 2.05) is 6.07 Å². The molecule has 0 fully saturated rings. The van der Waals surface area contributed by atoms with Crippen molar-refractivity contribution in [3.8, 4) is 5.75 Å². The molecule has 1 rings (SSSR count). The Labute approximate surface area is 67.8 Å². The zero-order valence-corrected chi connectivity index (χ0v) is 8.26. The molecule has 1 heterocycles. The van der Waals surface area contributed by atoms with Crippen LogP contribution in [0.1, 0.15) is 20.8 Å². The first-order valence-electron chi connectivity index (χ1n) is 3.29. The molecule has 0 saturated carbocycles. The molecule has 0 aliphatic carbocycles. The second kappa shape index (κ2) is 2.81. The third kappa shape index (κ3) is 2.59. The van der Waals surface area contributed by atoms with Crippen LogP contribution in [0.5, 0.6) is 5.75 Å². The van der Waals surface area contributed by atoms with E-state index in [0.717, 1.165) is 5.75 Å². The molecule has 2 heteroatoms. The van der Waals surface area contributed by atoms with Crippen LogP contribution in [0.15, 0.2) is 15.9 Å². The van der Waals surface area contributed by atoms with Gasteiger partial charge in [-0.2, -0.15) is 0 Å². The summed E-state index contributed by atoms with van der Waals surface area (Å²) in [5, 5.41) is 0. The summed E-state index contributed by atoms with van der Waals surface area (Å²) in [4.78, 5) is 4.31. The Morgan fingerprint density at radius 2 is 2.10 bits per heavy atom. The average molecular weight is 203 g/mol. The van der Waals surface area contributed by atoms with Gasteiger partial charge in [0.15, 0.2) is 0 Å². The standard InChI is InChI=1S/C8H12OSe/c1-8(2,3)9-7-4-5-10-6-7/h4-6H,1-3H3. The first kappa shape index (κ1) is 7.90. The van der Waals surface area contributed by atoms with Gasteiger partial charge in [0.1, 0.15) is 0 Å². The molecule has 1 aromatic heterocycles. The normalized spacial score (nSPS) is 11.5. The number of hydrogen-bond acceptors (Lipinski definition) is 1. The Hall–Kier alpha value is -0.201. The molecule has 0 N–H and O–H groups in total. The molecular formula is C8H12OSe. The fraction of sp³-hybridized carbons (Fsp3) is 0.500. The van der Waals surface area contributed by atoms with Crippen LogP contribution in [-0.2, 0) is 0 Å². The summed E-state index contributed by atoms with van der Waals surface area (Å²) in [6, 6.07) is 2.05. The summed E-state index contributed by atoms with van der Waals surface area (Å²) in [7, 11) is 0. The van der Waals surface area contributed by atoms with Crippen molar-refractivity contribution in [2.24, 2.45) is 0 Å². The molecule has 0 atom stereocenters. The summed E-state index contributed by atoms with van der Waals surface area (Å²) in [6.07, 6.45) is 0. The fourth-order valence-electron chi connectivity index (χ4n) is 0.664. The maximum absolute atomic E-state index is 5.59. The topological polar surface area (TPSA) is 9.23 Å². The summed E-state index contributed by atoms with van der Waals surface area (Å²) >= 11 is 0.542. The average Bonchev–Trinajstić information content (AvgIpc) is 2.12. The van der Waals surface area contributed by atoms with Crippen molar-refractivity contribution in [3.05, 3.63) is 15.9 Å². The first-order chi connectivity index (χ1) is 4.58. The predicted octanol–water partition coefficient (Wildman–Crippen LogP) is 1.92. The fourth-order valence-corrected chi connectivity index (χ4v) is 1.82. The van der Waals surface area contributed by atoms with Crippen LogP contribution in [0.3, 0.4) is 0 Å². The van der Waals surface area contributed by atoms with Gasteiger partial charge < -0.3 is 0 Å². The zero-order valence-electron chi connectivity index (χ0n) is 6.55. The SMILES string of the molecule is CC(C)(C)Oc1cc[se]c1.